The summed E-state index contributed by atoms with van der Waals surface area (Å²) in [5, 5.41) is 0. The van der Waals surface area contributed by atoms with E-state index in [2.05, 4.69) is 43.0 Å². The van der Waals surface area contributed by atoms with Crippen LogP contribution in [0.2, 0.25) is 0 Å². The normalized spacial score (nSPS) is 16.3. The molecule has 0 saturated carbocycles. The average molecular weight is 407 g/mol. The fourth-order valence-corrected chi connectivity index (χ4v) is 4.57. The van der Waals surface area contributed by atoms with Crippen molar-refractivity contribution < 1.29 is 0 Å². The van der Waals surface area contributed by atoms with E-state index in [1.807, 2.05) is 0 Å². The third-order valence-electron chi connectivity index (χ3n) is 6.57. The first-order valence-electron chi connectivity index (χ1n) is 13.5. The molecule has 0 amide bonds. The number of hydrogen-bond acceptors (Lipinski definition) is 2. The molecular weight excluding hydrogens is 352 g/mol. The highest BCUT2D eigenvalue weighted by Gasteiger charge is 2.24. The lowest BCUT2D eigenvalue weighted by molar-refractivity contribution is 0.136. The highest BCUT2D eigenvalue weighted by Crippen LogP contribution is 2.23. The Morgan fingerprint density at radius 3 is 1.31 bits per heavy atom. The summed E-state index contributed by atoms with van der Waals surface area (Å²) < 4.78 is 0. The molecule has 0 fully saturated rings. The van der Waals surface area contributed by atoms with Crippen LogP contribution in [-0.4, -0.2) is 29.1 Å². The molecule has 1 atom stereocenters. The fraction of sp³-hybridized carbons (Fsp3) is 0.926. The average Bonchev–Trinajstić information content (AvgIpc) is 3.12. The topological polar surface area (TPSA) is 6.48 Å². The number of unbranched alkanes of at least 4 members (excludes halogenated alkanes) is 15. The van der Waals surface area contributed by atoms with Gasteiger partial charge in [0.2, 0.25) is 0 Å². The summed E-state index contributed by atoms with van der Waals surface area (Å²) in [6, 6.07) is 0. The fourth-order valence-electron chi connectivity index (χ4n) is 4.57. The Morgan fingerprint density at radius 1 is 0.448 bits per heavy atom. The van der Waals surface area contributed by atoms with Crippen LogP contribution in [0.5, 0.6) is 0 Å². The molecule has 172 valence electrons. The first kappa shape index (κ1) is 26.4. The minimum Gasteiger partial charge on any atom is -0.356 e. The largest absolute Gasteiger partial charge is 0.356 e. The molecule has 0 aromatic carbocycles. The van der Waals surface area contributed by atoms with Crippen LogP contribution in [0.25, 0.3) is 0 Å². The van der Waals surface area contributed by atoms with Crippen molar-refractivity contribution in [2.75, 3.05) is 13.1 Å². The van der Waals surface area contributed by atoms with Crippen molar-refractivity contribution in [3.05, 3.63) is 12.4 Å². The van der Waals surface area contributed by atoms with Gasteiger partial charge in [-0.15, -0.1) is 0 Å². The van der Waals surface area contributed by atoms with Gasteiger partial charge < -0.3 is 9.80 Å². The molecule has 0 aromatic rings. The van der Waals surface area contributed by atoms with Crippen molar-refractivity contribution in [3.63, 3.8) is 0 Å². The molecular formula is C27H54N2. The van der Waals surface area contributed by atoms with Gasteiger partial charge in [0, 0.05) is 25.5 Å². The summed E-state index contributed by atoms with van der Waals surface area (Å²) in [6.45, 7) is 9.41. The summed E-state index contributed by atoms with van der Waals surface area (Å²) >= 11 is 0. The van der Waals surface area contributed by atoms with Gasteiger partial charge in [0.25, 0.3) is 0 Å². The van der Waals surface area contributed by atoms with Gasteiger partial charge in [-0.3, -0.25) is 0 Å². The van der Waals surface area contributed by atoms with Crippen molar-refractivity contribution >= 4 is 0 Å². The number of rotatable bonds is 21. The first-order valence-corrected chi connectivity index (χ1v) is 13.5. The Hall–Kier alpha value is -0.660. The molecule has 1 rings (SSSR count). The second-order valence-electron chi connectivity index (χ2n) is 9.35. The smallest absolute Gasteiger partial charge is 0.101 e. The van der Waals surface area contributed by atoms with Gasteiger partial charge in [-0.1, -0.05) is 117 Å². The van der Waals surface area contributed by atoms with Gasteiger partial charge in [-0.2, -0.15) is 0 Å². The molecule has 0 bridgehead atoms. The van der Waals surface area contributed by atoms with E-state index in [-0.39, 0.29) is 0 Å². The molecule has 0 saturated heterocycles. The van der Waals surface area contributed by atoms with E-state index in [4.69, 9.17) is 0 Å². The Kier molecular flexibility index (Phi) is 17.6. The van der Waals surface area contributed by atoms with Crippen molar-refractivity contribution in [3.8, 4) is 0 Å². The summed E-state index contributed by atoms with van der Waals surface area (Å²) in [4.78, 5) is 5.29. The van der Waals surface area contributed by atoms with E-state index in [0.717, 1.165) is 0 Å². The minimum absolute atomic E-state index is 0.645. The van der Waals surface area contributed by atoms with Crippen LogP contribution in [0.1, 0.15) is 143 Å². The van der Waals surface area contributed by atoms with E-state index in [1.54, 1.807) is 0 Å². The second kappa shape index (κ2) is 19.3. The predicted octanol–water partition coefficient (Wildman–Crippen LogP) is 8.87. The van der Waals surface area contributed by atoms with Gasteiger partial charge in [-0.05, 0) is 25.7 Å². The van der Waals surface area contributed by atoms with Crippen LogP contribution in [0.3, 0.4) is 0 Å². The van der Waals surface area contributed by atoms with Crippen LogP contribution in [0.15, 0.2) is 12.4 Å². The van der Waals surface area contributed by atoms with Crippen LogP contribution in [0.4, 0.5) is 0 Å². The molecule has 2 nitrogen and oxygen atoms in total. The zero-order valence-electron chi connectivity index (χ0n) is 20.5. The SMILES string of the molecule is CCCCCCCCCCCCC1N(CCCC)C=CN1CCCCCCCC. The van der Waals surface area contributed by atoms with Gasteiger partial charge in [0.1, 0.15) is 6.17 Å². The van der Waals surface area contributed by atoms with Crippen molar-refractivity contribution in [1.29, 1.82) is 0 Å². The minimum atomic E-state index is 0.645. The zero-order valence-corrected chi connectivity index (χ0v) is 20.5. The highest BCUT2D eigenvalue weighted by atomic mass is 15.4. The van der Waals surface area contributed by atoms with Crippen LogP contribution in [0, 0.1) is 0 Å². The van der Waals surface area contributed by atoms with Crippen LogP contribution < -0.4 is 0 Å². The van der Waals surface area contributed by atoms with E-state index in [9.17, 15) is 0 Å². The molecule has 1 heterocycles. The summed E-state index contributed by atoms with van der Waals surface area (Å²) in [6.07, 6.45) is 32.1. The lowest BCUT2D eigenvalue weighted by Gasteiger charge is -2.33. The number of hydrogen-bond donors (Lipinski definition) is 0. The summed E-state index contributed by atoms with van der Waals surface area (Å²) in [5.74, 6) is 0. The van der Waals surface area contributed by atoms with Crippen molar-refractivity contribution in [1.82, 2.24) is 9.80 Å². The molecule has 1 aliphatic heterocycles. The molecule has 29 heavy (non-hydrogen) atoms. The third kappa shape index (κ3) is 13.3. The zero-order chi connectivity index (χ0) is 21.0. The van der Waals surface area contributed by atoms with Crippen LogP contribution >= 0.6 is 0 Å². The van der Waals surface area contributed by atoms with Gasteiger partial charge in [0.05, 0.1) is 0 Å². The lowest BCUT2D eigenvalue weighted by atomic mass is 10.0. The monoisotopic (exact) mass is 406 g/mol. The predicted molar refractivity (Wildman–Crippen MR) is 131 cm³/mol. The Morgan fingerprint density at radius 2 is 0.828 bits per heavy atom. The molecule has 1 unspecified atom stereocenters. The molecule has 0 radical (unpaired) electrons. The van der Waals surface area contributed by atoms with Crippen molar-refractivity contribution in [2.45, 2.75) is 149 Å². The van der Waals surface area contributed by atoms with E-state index < -0.39 is 0 Å². The highest BCUT2D eigenvalue weighted by molar-refractivity contribution is 4.96. The van der Waals surface area contributed by atoms with E-state index >= 15 is 0 Å². The molecule has 0 spiro atoms. The first-order chi connectivity index (χ1) is 14.3. The summed E-state index contributed by atoms with van der Waals surface area (Å²) in [7, 11) is 0. The maximum Gasteiger partial charge on any atom is 0.101 e. The van der Waals surface area contributed by atoms with Gasteiger partial charge in [0.15, 0.2) is 0 Å². The van der Waals surface area contributed by atoms with E-state index in [0.29, 0.717) is 6.17 Å². The summed E-state index contributed by atoms with van der Waals surface area (Å²) in [5.41, 5.74) is 0. The quantitative estimate of drug-likeness (QED) is 0.176. The standard InChI is InChI=1S/C27H54N2/c1-4-7-10-12-14-15-16-17-18-20-22-27-28(23-9-6-3)25-26-29(27)24-21-19-13-11-8-5-2/h25-27H,4-24H2,1-3H3. The Balaban J connectivity index is 2.18. The molecule has 0 aromatic heterocycles. The van der Waals surface area contributed by atoms with E-state index in [1.165, 1.54) is 135 Å². The number of nitrogens with zero attached hydrogens (tertiary/aromatic N) is 2. The second-order valence-corrected chi connectivity index (χ2v) is 9.35. The molecule has 1 aliphatic rings. The lowest BCUT2D eigenvalue weighted by Crippen LogP contribution is -2.39. The van der Waals surface area contributed by atoms with Crippen LogP contribution in [-0.2, 0) is 0 Å². The Labute approximate surface area is 184 Å². The maximum atomic E-state index is 2.66. The Bertz CT molecular complexity index is 366. The molecule has 0 N–H and O–H groups in total. The molecule has 0 aliphatic carbocycles. The van der Waals surface area contributed by atoms with Gasteiger partial charge in [-0.25, -0.2) is 0 Å². The third-order valence-corrected chi connectivity index (χ3v) is 6.57. The maximum absolute atomic E-state index is 2.66. The van der Waals surface area contributed by atoms with Crippen molar-refractivity contribution in [2.24, 2.45) is 0 Å². The van der Waals surface area contributed by atoms with Gasteiger partial charge >= 0.3 is 0 Å². The molecule has 2 heteroatoms.